The molecule has 0 saturated carbocycles. The van der Waals surface area contributed by atoms with Crippen molar-refractivity contribution in [1.29, 1.82) is 0 Å². The van der Waals surface area contributed by atoms with Crippen molar-refractivity contribution in [2.24, 2.45) is 0 Å². The summed E-state index contributed by atoms with van der Waals surface area (Å²) in [4.78, 5) is 14.0. The molecule has 5 nitrogen and oxygen atoms in total. The van der Waals surface area contributed by atoms with Gasteiger partial charge in [0.15, 0.2) is 5.11 Å². The fraction of sp³-hybridized carbons (Fsp3) is 0.133. The number of carbonyl (C=O) groups is 1. The van der Waals surface area contributed by atoms with Crippen LogP contribution < -0.4 is 10.2 Å². The Morgan fingerprint density at radius 1 is 1.33 bits per heavy atom. The summed E-state index contributed by atoms with van der Waals surface area (Å²) in [6.07, 6.45) is 5.37. The molecule has 106 valence electrons. The molecule has 0 atom stereocenters. The first-order chi connectivity index (χ1) is 10.2. The molecule has 0 spiro atoms. The number of nitrogens with one attached hydrogen (secondary N) is 1. The van der Waals surface area contributed by atoms with E-state index in [1.54, 1.807) is 17.0 Å². The van der Waals surface area contributed by atoms with Crippen LogP contribution in [-0.4, -0.2) is 20.8 Å². The van der Waals surface area contributed by atoms with E-state index in [2.05, 4.69) is 10.4 Å². The fourth-order valence-corrected chi connectivity index (χ4v) is 2.44. The van der Waals surface area contributed by atoms with Gasteiger partial charge in [0.05, 0.1) is 11.9 Å². The number of hydrogen-bond acceptors (Lipinski definition) is 3. The number of para-hydroxylation sites is 1. The number of hydrogen-bond donors (Lipinski definition) is 1. The Kier molecular flexibility index (Phi) is 3.53. The normalized spacial score (nSPS) is 16.6. The number of rotatable bonds is 3. The molecule has 1 saturated heterocycles. The first-order valence-corrected chi connectivity index (χ1v) is 7.04. The van der Waals surface area contributed by atoms with Crippen LogP contribution in [-0.2, 0) is 11.3 Å². The SMILES string of the molecule is CCn1cc(/C=C2/NC(=S)N(c3ccccc3)C2=O)cn1. The summed E-state index contributed by atoms with van der Waals surface area (Å²) in [6.45, 7) is 2.80. The largest absolute Gasteiger partial charge is 0.327 e. The highest BCUT2D eigenvalue weighted by molar-refractivity contribution is 7.80. The zero-order valence-corrected chi connectivity index (χ0v) is 12.3. The molecule has 21 heavy (non-hydrogen) atoms. The highest BCUT2D eigenvalue weighted by Gasteiger charge is 2.31. The Hall–Kier alpha value is -2.47. The molecule has 0 aliphatic carbocycles. The maximum atomic E-state index is 12.5. The summed E-state index contributed by atoms with van der Waals surface area (Å²) in [7, 11) is 0. The van der Waals surface area contributed by atoms with E-state index in [1.165, 1.54) is 4.90 Å². The van der Waals surface area contributed by atoms with Gasteiger partial charge in [0.1, 0.15) is 5.70 Å². The summed E-state index contributed by atoms with van der Waals surface area (Å²) in [5, 5.41) is 7.53. The van der Waals surface area contributed by atoms with Gasteiger partial charge < -0.3 is 5.32 Å². The number of benzene rings is 1. The minimum atomic E-state index is -0.157. The van der Waals surface area contributed by atoms with Gasteiger partial charge in [-0.2, -0.15) is 5.10 Å². The van der Waals surface area contributed by atoms with Gasteiger partial charge in [-0.1, -0.05) is 18.2 Å². The molecule has 1 N–H and O–H groups in total. The van der Waals surface area contributed by atoms with Crippen LogP contribution in [0.1, 0.15) is 12.5 Å². The quantitative estimate of drug-likeness (QED) is 0.697. The third-order valence-corrected chi connectivity index (χ3v) is 3.47. The van der Waals surface area contributed by atoms with Gasteiger partial charge in [0.2, 0.25) is 0 Å². The topological polar surface area (TPSA) is 50.2 Å². The molecule has 0 unspecified atom stereocenters. The van der Waals surface area contributed by atoms with Gasteiger partial charge in [-0.25, -0.2) is 0 Å². The van der Waals surface area contributed by atoms with E-state index in [4.69, 9.17) is 12.2 Å². The van der Waals surface area contributed by atoms with Crippen LogP contribution in [0.25, 0.3) is 6.08 Å². The molecule has 3 rings (SSSR count). The zero-order valence-electron chi connectivity index (χ0n) is 11.5. The standard InChI is InChI=1S/C15H14N4OS/c1-2-18-10-11(9-16-18)8-13-14(20)19(15(21)17-13)12-6-4-3-5-7-12/h3-10H,2H2,1H3,(H,17,21)/b13-8+. The maximum absolute atomic E-state index is 12.5. The minimum Gasteiger partial charge on any atom is -0.327 e. The highest BCUT2D eigenvalue weighted by atomic mass is 32.1. The zero-order chi connectivity index (χ0) is 14.8. The summed E-state index contributed by atoms with van der Waals surface area (Å²) in [6, 6.07) is 9.35. The molecule has 0 bridgehead atoms. The monoisotopic (exact) mass is 298 g/mol. The Morgan fingerprint density at radius 2 is 2.10 bits per heavy atom. The summed E-state index contributed by atoms with van der Waals surface area (Å²) in [5.41, 5.74) is 2.08. The molecule has 2 aromatic rings. The first kappa shape index (κ1) is 13.5. The number of aryl methyl sites for hydroxylation is 1. The van der Waals surface area contributed by atoms with Crippen LogP contribution in [0, 0.1) is 0 Å². The second kappa shape index (κ2) is 5.49. The molecule has 1 aliphatic rings. The molecule has 1 aromatic heterocycles. The molecule has 1 amide bonds. The number of anilines is 1. The third-order valence-electron chi connectivity index (χ3n) is 3.18. The molecular weight excluding hydrogens is 284 g/mol. The molecule has 0 radical (unpaired) electrons. The van der Waals surface area contributed by atoms with Crippen LogP contribution >= 0.6 is 12.2 Å². The average molecular weight is 298 g/mol. The second-order valence-electron chi connectivity index (χ2n) is 4.59. The summed E-state index contributed by atoms with van der Waals surface area (Å²) < 4.78 is 1.80. The van der Waals surface area contributed by atoms with Crippen molar-refractivity contribution >= 4 is 35.0 Å². The van der Waals surface area contributed by atoms with Gasteiger partial charge in [0, 0.05) is 18.3 Å². The highest BCUT2D eigenvalue weighted by Crippen LogP contribution is 2.21. The van der Waals surface area contributed by atoms with E-state index in [0.717, 1.165) is 17.8 Å². The molecule has 2 heterocycles. The molecule has 1 aromatic carbocycles. The first-order valence-electron chi connectivity index (χ1n) is 6.63. The van der Waals surface area contributed by atoms with Crippen LogP contribution in [0.15, 0.2) is 48.4 Å². The van der Waals surface area contributed by atoms with E-state index in [-0.39, 0.29) is 5.91 Å². The van der Waals surface area contributed by atoms with Crippen molar-refractivity contribution in [3.8, 4) is 0 Å². The number of aromatic nitrogens is 2. The van der Waals surface area contributed by atoms with Crippen LogP contribution in [0.2, 0.25) is 0 Å². The van der Waals surface area contributed by atoms with Crippen molar-refractivity contribution in [2.45, 2.75) is 13.5 Å². The van der Waals surface area contributed by atoms with E-state index in [0.29, 0.717) is 10.8 Å². The fourth-order valence-electron chi connectivity index (χ4n) is 2.14. The van der Waals surface area contributed by atoms with Crippen molar-refractivity contribution < 1.29 is 4.79 Å². The number of carbonyl (C=O) groups excluding carboxylic acids is 1. The molecule has 1 fully saturated rings. The van der Waals surface area contributed by atoms with Gasteiger partial charge in [-0.3, -0.25) is 14.4 Å². The number of thiocarbonyl (C=S) groups is 1. The van der Waals surface area contributed by atoms with Crippen LogP contribution in [0.4, 0.5) is 5.69 Å². The smallest absolute Gasteiger partial charge is 0.281 e. The number of amides is 1. The lowest BCUT2D eigenvalue weighted by Gasteiger charge is -2.13. The minimum absolute atomic E-state index is 0.157. The van der Waals surface area contributed by atoms with Gasteiger partial charge in [-0.05, 0) is 37.4 Å². The molecular formula is C15H14N4OS. The Bertz CT molecular complexity index is 720. The molecule has 6 heteroatoms. The van der Waals surface area contributed by atoms with Gasteiger partial charge >= 0.3 is 0 Å². The Balaban J connectivity index is 1.90. The van der Waals surface area contributed by atoms with E-state index in [1.807, 2.05) is 43.5 Å². The number of nitrogens with zero attached hydrogens (tertiary/aromatic N) is 3. The van der Waals surface area contributed by atoms with Gasteiger partial charge in [0.25, 0.3) is 5.91 Å². The van der Waals surface area contributed by atoms with E-state index in [9.17, 15) is 4.79 Å². The average Bonchev–Trinajstić information content (AvgIpc) is 3.05. The van der Waals surface area contributed by atoms with Gasteiger partial charge in [-0.15, -0.1) is 0 Å². The lowest BCUT2D eigenvalue weighted by Crippen LogP contribution is -2.30. The van der Waals surface area contributed by atoms with Crippen LogP contribution in [0.3, 0.4) is 0 Å². The predicted octanol–water partition coefficient (Wildman–Crippen LogP) is 2.17. The lowest BCUT2D eigenvalue weighted by atomic mass is 10.2. The summed E-state index contributed by atoms with van der Waals surface area (Å²) >= 11 is 5.25. The van der Waals surface area contributed by atoms with Crippen molar-refractivity contribution in [2.75, 3.05) is 4.90 Å². The maximum Gasteiger partial charge on any atom is 0.281 e. The second-order valence-corrected chi connectivity index (χ2v) is 4.98. The molecule has 1 aliphatic heterocycles. The summed E-state index contributed by atoms with van der Waals surface area (Å²) in [5.74, 6) is -0.157. The predicted molar refractivity (Wildman–Crippen MR) is 85.5 cm³/mol. The van der Waals surface area contributed by atoms with Crippen molar-refractivity contribution in [3.05, 3.63) is 54.0 Å². The Labute approximate surface area is 127 Å². The third kappa shape index (κ3) is 2.57. The van der Waals surface area contributed by atoms with Crippen LogP contribution in [0.5, 0.6) is 0 Å². The van der Waals surface area contributed by atoms with Crippen molar-refractivity contribution in [1.82, 2.24) is 15.1 Å². The lowest BCUT2D eigenvalue weighted by molar-refractivity contribution is -0.113. The van der Waals surface area contributed by atoms with E-state index >= 15 is 0 Å². The van der Waals surface area contributed by atoms with Crippen molar-refractivity contribution in [3.63, 3.8) is 0 Å². The Morgan fingerprint density at radius 3 is 2.76 bits per heavy atom. The van der Waals surface area contributed by atoms with E-state index < -0.39 is 0 Å².